The monoisotopic (exact) mass is 974 g/mol. The molecule has 73 heavy (non-hydrogen) atoms. The third-order valence-electron chi connectivity index (χ3n) is 13.5. The fourth-order valence-corrected chi connectivity index (χ4v) is 10.0. The quantitative estimate of drug-likeness (QED) is 0.0892. The molecule has 358 valence electrons. The molecular weight excluding hydrogens is 924 g/mol. The fourth-order valence-electron chi connectivity index (χ4n) is 9.84. The lowest BCUT2D eigenvalue weighted by Crippen LogP contribution is -2.30. The largest absolute Gasteiger partial charge is 0.497 e. The highest BCUT2D eigenvalue weighted by molar-refractivity contribution is 7.79. The first-order valence-corrected chi connectivity index (χ1v) is 24.6. The third-order valence-corrected chi connectivity index (χ3v) is 13.7. The number of benzene rings is 9. The van der Waals surface area contributed by atoms with Crippen LogP contribution in [0.2, 0.25) is 0 Å². The van der Waals surface area contributed by atoms with Gasteiger partial charge in [-0.05, 0) is 178 Å². The summed E-state index contributed by atoms with van der Waals surface area (Å²) in [6.07, 6.45) is 4.05. The number of fused-ring (bicyclic) bond motifs is 5. The zero-order valence-corrected chi connectivity index (χ0v) is 41.7. The summed E-state index contributed by atoms with van der Waals surface area (Å²) in [6, 6.07) is 64.8. The van der Waals surface area contributed by atoms with Crippen molar-refractivity contribution in [1.82, 2.24) is 4.57 Å². The van der Waals surface area contributed by atoms with Crippen molar-refractivity contribution in [3.8, 4) is 56.3 Å². The van der Waals surface area contributed by atoms with Crippen molar-refractivity contribution in [1.29, 1.82) is 5.41 Å². The lowest BCUT2D eigenvalue weighted by molar-refractivity contribution is 0.271. The molecule has 0 amide bonds. The number of thiol groups is 1. The Morgan fingerprint density at radius 3 is 1.68 bits per heavy atom. The van der Waals surface area contributed by atoms with Crippen LogP contribution >= 0.6 is 12.8 Å². The number of hydrogen-bond acceptors (Lipinski definition) is 7. The molecule has 1 N–H and O–H groups in total. The van der Waals surface area contributed by atoms with Crippen molar-refractivity contribution < 1.29 is 18.6 Å². The predicted octanol–water partition coefficient (Wildman–Crippen LogP) is 16.6. The van der Waals surface area contributed by atoms with Crippen LogP contribution in [0.25, 0.3) is 77.2 Å². The minimum absolute atomic E-state index is 0.220. The fraction of sp³-hybridized carbons (Fsp3) is 0.0938. The maximum absolute atomic E-state index is 14.5. The molecule has 7 nitrogen and oxygen atoms in total. The number of methoxy groups -OCH3 is 2. The molecule has 9 aromatic carbocycles. The molecule has 1 aliphatic rings. The Balaban J connectivity index is 1.06. The second-order valence-electron chi connectivity index (χ2n) is 18.5. The van der Waals surface area contributed by atoms with Crippen molar-refractivity contribution in [3.63, 3.8) is 0 Å². The highest BCUT2D eigenvalue weighted by Crippen LogP contribution is 2.45. The Hall–Kier alpha value is -8.66. The molecule has 1 heterocycles. The summed E-state index contributed by atoms with van der Waals surface area (Å²) in [5.74, 6) is 2.50. The molecule has 9 heteroatoms. The number of allylic oxidation sites excluding steroid dienone is 4. The number of nitrogens with zero attached hydrogens (tertiary/aromatic N) is 3. The standard InChI is InChI=1S/C64H51FN4O3S/c1-40(2)39-72-54-32-26-51(27-33-54)69-59-35-19-47(38-58(59)61-55-8-6-5-7-46(55)37-57(64(61)69)45-9-20-48(65)21-10-45)56-34-36-60(62(66)63(56)67-73)68(49-22-11-41(12-23-49)43-15-28-52(70-3)29-16-43)50-24-13-42(14-25-50)44-17-30-53(71-4)31-18-44/h5-38,40,66,73H,39H2,1-4H3/b66-62?,67-63-. The first kappa shape index (κ1) is 46.7. The van der Waals surface area contributed by atoms with E-state index in [2.05, 4.69) is 150 Å². The van der Waals surface area contributed by atoms with E-state index in [0.29, 0.717) is 23.9 Å². The summed E-state index contributed by atoms with van der Waals surface area (Å²) >= 11 is 4.58. The molecule has 1 aliphatic carbocycles. The van der Waals surface area contributed by atoms with Gasteiger partial charge in [-0.25, -0.2) is 8.79 Å². The van der Waals surface area contributed by atoms with Gasteiger partial charge in [0.25, 0.3) is 0 Å². The van der Waals surface area contributed by atoms with Crippen molar-refractivity contribution in [2.75, 3.05) is 25.7 Å². The van der Waals surface area contributed by atoms with Crippen LogP contribution in [0, 0.1) is 17.1 Å². The number of aromatic nitrogens is 1. The van der Waals surface area contributed by atoms with E-state index < -0.39 is 0 Å². The topological polar surface area (TPSA) is 72.1 Å². The van der Waals surface area contributed by atoms with Crippen LogP contribution in [0.1, 0.15) is 19.4 Å². The van der Waals surface area contributed by atoms with Crippen molar-refractivity contribution in [3.05, 3.63) is 223 Å². The van der Waals surface area contributed by atoms with Gasteiger partial charge >= 0.3 is 0 Å². The van der Waals surface area contributed by atoms with Gasteiger partial charge in [0.05, 0.1) is 37.6 Å². The molecular formula is C64H51FN4O3S. The Labute approximate surface area is 429 Å². The van der Waals surface area contributed by atoms with E-state index in [1.165, 1.54) is 12.1 Å². The SMILES string of the molecule is COc1ccc(-c2ccc(N(C3=CC=C(c4ccc5c(c4)c4c6ccccc6cc(-c6ccc(F)cc6)c4n5-c4ccc(OCC(C)C)cc4)/C(=N/S)C3=N)c3ccc(-c4ccc(OC)cc4)cc3)cc2)cc1. The van der Waals surface area contributed by atoms with Crippen LogP contribution in [0.3, 0.4) is 0 Å². The van der Waals surface area contributed by atoms with E-state index in [-0.39, 0.29) is 11.5 Å². The lowest BCUT2D eigenvalue weighted by atomic mass is 9.90. The zero-order valence-electron chi connectivity index (χ0n) is 40.8. The number of hydrogen-bond donors (Lipinski definition) is 2. The molecule has 0 atom stereocenters. The molecule has 0 saturated heterocycles. The van der Waals surface area contributed by atoms with E-state index in [1.54, 1.807) is 14.2 Å². The average Bonchev–Trinajstić information content (AvgIpc) is 3.78. The van der Waals surface area contributed by atoms with Gasteiger partial charge in [-0.1, -0.05) is 105 Å². The number of nitrogens with one attached hydrogen (secondary N) is 1. The molecule has 1 aromatic heterocycles. The third kappa shape index (κ3) is 8.93. The Morgan fingerprint density at radius 1 is 0.589 bits per heavy atom. The van der Waals surface area contributed by atoms with Gasteiger partial charge < -0.3 is 23.7 Å². The van der Waals surface area contributed by atoms with Gasteiger partial charge in [0.2, 0.25) is 0 Å². The Kier molecular flexibility index (Phi) is 12.7. The van der Waals surface area contributed by atoms with Crippen LogP contribution < -0.4 is 19.1 Å². The Bertz CT molecular complexity index is 3690. The average molecular weight is 975 g/mol. The molecule has 10 aromatic rings. The van der Waals surface area contributed by atoms with Crippen molar-refractivity contribution >= 4 is 73.8 Å². The number of anilines is 2. The minimum Gasteiger partial charge on any atom is -0.497 e. The summed E-state index contributed by atoms with van der Waals surface area (Å²) in [5, 5.41) is 14.2. The molecule has 0 fully saturated rings. The number of halogens is 1. The Morgan fingerprint density at radius 2 is 1.12 bits per heavy atom. The summed E-state index contributed by atoms with van der Waals surface area (Å²) in [7, 11) is 3.33. The van der Waals surface area contributed by atoms with Crippen molar-refractivity contribution in [2.45, 2.75) is 13.8 Å². The molecule has 0 saturated carbocycles. The van der Waals surface area contributed by atoms with Crippen LogP contribution in [-0.2, 0) is 0 Å². The highest BCUT2D eigenvalue weighted by atomic mass is 32.1. The van der Waals surface area contributed by atoms with Crippen LogP contribution in [0.4, 0.5) is 15.8 Å². The molecule has 0 unspecified atom stereocenters. The number of ether oxygens (including phenoxy) is 3. The van der Waals surface area contributed by atoms with Gasteiger partial charge in [-0.15, -0.1) is 0 Å². The summed E-state index contributed by atoms with van der Waals surface area (Å²) in [4.78, 5) is 2.10. The summed E-state index contributed by atoms with van der Waals surface area (Å²) in [6.45, 7) is 4.89. The first-order chi connectivity index (χ1) is 35.7. The van der Waals surface area contributed by atoms with Crippen molar-refractivity contribution in [2.24, 2.45) is 10.3 Å². The second-order valence-corrected chi connectivity index (χ2v) is 18.7. The van der Waals surface area contributed by atoms with Gasteiger partial charge in [-0.3, -0.25) is 5.41 Å². The smallest absolute Gasteiger partial charge is 0.123 e. The van der Waals surface area contributed by atoms with E-state index in [9.17, 15) is 9.80 Å². The van der Waals surface area contributed by atoms with E-state index in [4.69, 9.17) is 14.2 Å². The van der Waals surface area contributed by atoms with E-state index in [0.717, 1.165) is 111 Å². The predicted molar refractivity (Wildman–Crippen MR) is 303 cm³/mol. The molecule has 0 aliphatic heterocycles. The lowest BCUT2D eigenvalue weighted by Gasteiger charge is -2.31. The zero-order chi connectivity index (χ0) is 50.2. The normalized spacial score (nSPS) is 13.2. The van der Waals surface area contributed by atoms with E-state index in [1.807, 2.05) is 84.9 Å². The van der Waals surface area contributed by atoms with Gasteiger partial charge in [-0.2, -0.15) is 0 Å². The van der Waals surface area contributed by atoms with Gasteiger partial charge in [0.15, 0.2) is 0 Å². The molecule has 11 rings (SSSR count). The summed E-state index contributed by atoms with van der Waals surface area (Å²) in [5.41, 5.74) is 13.7. The molecule has 0 spiro atoms. The second kappa shape index (κ2) is 19.9. The highest BCUT2D eigenvalue weighted by Gasteiger charge is 2.29. The molecule has 0 radical (unpaired) electrons. The maximum atomic E-state index is 14.5. The van der Waals surface area contributed by atoms with Crippen LogP contribution in [0.5, 0.6) is 17.2 Å². The first-order valence-electron chi connectivity index (χ1n) is 24.2. The minimum atomic E-state index is -0.290. The van der Waals surface area contributed by atoms with Gasteiger partial charge in [0, 0.05) is 39.0 Å². The van der Waals surface area contributed by atoms with Crippen LogP contribution in [0.15, 0.2) is 216 Å². The van der Waals surface area contributed by atoms with Crippen LogP contribution in [-0.4, -0.2) is 36.8 Å². The van der Waals surface area contributed by atoms with E-state index >= 15 is 0 Å². The molecule has 0 bridgehead atoms. The maximum Gasteiger partial charge on any atom is 0.123 e. The number of rotatable bonds is 13. The summed E-state index contributed by atoms with van der Waals surface area (Å²) < 4.78 is 38.3. The van der Waals surface area contributed by atoms with Gasteiger partial charge in [0.1, 0.15) is 34.5 Å².